The number of nitrogens with one attached hydrogen (secondary N) is 1. The summed E-state index contributed by atoms with van der Waals surface area (Å²) in [6, 6.07) is 6.87. The van der Waals surface area contributed by atoms with Gasteiger partial charge in [-0.1, -0.05) is 18.2 Å². The Kier molecular flexibility index (Phi) is 3.65. The van der Waals surface area contributed by atoms with E-state index in [1.54, 1.807) is 6.07 Å². The minimum atomic E-state index is -0.612. The lowest BCUT2D eigenvalue weighted by Gasteiger charge is -2.31. The number of benzene rings is 1. The molecule has 6 heteroatoms. The Bertz CT molecular complexity index is 575. The number of likely N-dealkylation sites (tertiary alicyclic amines) is 1. The molecule has 0 aliphatic carbocycles. The fourth-order valence-corrected chi connectivity index (χ4v) is 3.17. The number of fused-ring (bicyclic) bond motifs is 1. The van der Waals surface area contributed by atoms with Crippen molar-refractivity contribution in [2.45, 2.75) is 30.9 Å². The van der Waals surface area contributed by atoms with Crippen LogP contribution in [-0.4, -0.2) is 52.2 Å². The summed E-state index contributed by atoms with van der Waals surface area (Å²) in [5.74, 6) is -0.936. The highest BCUT2D eigenvalue weighted by Gasteiger charge is 2.39. The first kappa shape index (κ1) is 14.0. The monoisotopic (exact) mass is 290 g/mol. The van der Waals surface area contributed by atoms with E-state index >= 15 is 0 Å². The molecule has 2 aliphatic heterocycles. The van der Waals surface area contributed by atoms with Gasteiger partial charge in [0.1, 0.15) is 0 Å². The quantitative estimate of drug-likeness (QED) is 0.719. The Morgan fingerprint density at radius 2 is 2.14 bits per heavy atom. The molecule has 2 amide bonds. The lowest BCUT2D eigenvalue weighted by molar-refractivity contribution is -0.136. The maximum Gasteiger partial charge on any atom is 0.231 e. The molecule has 0 saturated carbocycles. The first-order valence-electron chi connectivity index (χ1n) is 7.08. The molecule has 3 unspecified atom stereocenters. The first-order chi connectivity index (χ1) is 10.1. The number of carbonyl (C=O) groups excluding carboxylic acids is 2. The van der Waals surface area contributed by atoms with Gasteiger partial charge in [-0.2, -0.15) is 0 Å². The van der Waals surface area contributed by atoms with Crippen molar-refractivity contribution >= 4 is 17.5 Å². The summed E-state index contributed by atoms with van der Waals surface area (Å²) in [7, 11) is 0. The number of nitrogens with zero attached hydrogens (tertiary/aromatic N) is 1. The molecule has 0 bridgehead atoms. The average molecular weight is 290 g/mol. The third-order valence-corrected chi connectivity index (χ3v) is 4.18. The van der Waals surface area contributed by atoms with Crippen molar-refractivity contribution in [3.05, 3.63) is 29.8 Å². The van der Waals surface area contributed by atoms with Crippen molar-refractivity contribution in [2.24, 2.45) is 0 Å². The Hall–Kier alpha value is -1.92. The third-order valence-electron chi connectivity index (χ3n) is 4.18. The highest BCUT2D eigenvalue weighted by molar-refractivity contribution is 6.01. The molecule has 3 rings (SSSR count). The molecule has 0 aromatic heterocycles. The van der Waals surface area contributed by atoms with Crippen LogP contribution in [0, 0.1) is 0 Å². The van der Waals surface area contributed by atoms with E-state index in [1.165, 1.54) is 4.90 Å². The van der Waals surface area contributed by atoms with Crippen LogP contribution in [-0.2, 0) is 9.59 Å². The molecule has 2 heterocycles. The lowest BCUT2D eigenvalue weighted by atomic mass is 9.89. The number of aliphatic hydroxyl groups is 2. The Balaban J connectivity index is 1.90. The van der Waals surface area contributed by atoms with E-state index in [-0.39, 0.29) is 37.4 Å². The normalized spacial score (nSPS) is 28.2. The molecule has 2 aliphatic rings. The van der Waals surface area contributed by atoms with Gasteiger partial charge in [0.15, 0.2) is 0 Å². The topological polar surface area (TPSA) is 89.9 Å². The fourth-order valence-electron chi connectivity index (χ4n) is 3.17. The lowest BCUT2D eigenvalue weighted by Crippen LogP contribution is -2.43. The highest BCUT2D eigenvalue weighted by atomic mass is 16.3. The number of rotatable bonds is 2. The van der Waals surface area contributed by atoms with Crippen molar-refractivity contribution in [3.63, 3.8) is 0 Å². The van der Waals surface area contributed by atoms with Gasteiger partial charge in [0.2, 0.25) is 11.8 Å². The minimum Gasteiger partial charge on any atom is -0.394 e. The molecule has 21 heavy (non-hydrogen) atoms. The van der Waals surface area contributed by atoms with E-state index in [0.29, 0.717) is 12.1 Å². The largest absolute Gasteiger partial charge is 0.394 e. The third kappa shape index (κ3) is 2.52. The number of anilines is 1. The van der Waals surface area contributed by atoms with Gasteiger partial charge in [-0.3, -0.25) is 9.59 Å². The highest BCUT2D eigenvalue weighted by Crippen LogP contribution is 2.35. The van der Waals surface area contributed by atoms with Gasteiger partial charge >= 0.3 is 0 Å². The fraction of sp³-hybridized carbons (Fsp3) is 0.467. The molecule has 1 saturated heterocycles. The molecule has 112 valence electrons. The van der Waals surface area contributed by atoms with Gasteiger partial charge in [-0.15, -0.1) is 0 Å². The molecule has 1 aromatic rings. The van der Waals surface area contributed by atoms with Crippen molar-refractivity contribution in [1.29, 1.82) is 0 Å². The summed E-state index contributed by atoms with van der Waals surface area (Å²) in [6.45, 7) is 0.0354. The summed E-state index contributed by atoms with van der Waals surface area (Å²) in [4.78, 5) is 26.0. The van der Waals surface area contributed by atoms with Gasteiger partial charge < -0.3 is 20.4 Å². The van der Waals surface area contributed by atoms with Crippen LogP contribution in [0.4, 0.5) is 5.69 Å². The number of hydrogen-bond donors (Lipinski definition) is 3. The molecule has 0 spiro atoms. The second-order valence-electron chi connectivity index (χ2n) is 5.61. The van der Waals surface area contributed by atoms with E-state index in [1.807, 2.05) is 18.2 Å². The molecular formula is C15H18N2O4. The van der Waals surface area contributed by atoms with Gasteiger partial charge in [0.05, 0.1) is 24.7 Å². The van der Waals surface area contributed by atoms with E-state index in [0.717, 1.165) is 5.56 Å². The standard InChI is InChI=1S/C15H18N2O4/c18-8-9-5-10(19)7-17(9)15(21)12-6-14(20)16-13-4-2-1-3-11(12)13/h1-4,9-10,12,18-19H,5-8H2,(H,16,20). The van der Waals surface area contributed by atoms with Crippen molar-refractivity contribution < 1.29 is 19.8 Å². The summed E-state index contributed by atoms with van der Waals surface area (Å²) in [5.41, 5.74) is 1.45. The van der Waals surface area contributed by atoms with Crippen LogP contribution >= 0.6 is 0 Å². The number of carbonyl (C=O) groups is 2. The smallest absolute Gasteiger partial charge is 0.231 e. The van der Waals surface area contributed by atoms with Crippen LogP contribution < -0.4 is 5.32 Å². The summed E-state index contributed by atoms with van der Waals surface area (Å²) in [5, 5.41) is 21.8. The Morgan fingerprint density at radius 3 is 2.90 bits per heavy atom. The summed E-state index contributed by atoms with van der Waals surface area (Å²) >= 11 is 0. The molecule has 1 fully saturated rings. The van der Waals surface area contributed by atoms with Gasteiger partial charge in [0.25, 0.3) is 0 Å². The molecule has 6 nitrogen and oxygen atoms in total. The van der Waals surface area contributed by atoms with Crippen LogP contribution in [0.2, 0.25) is 0 Å². The van der Waals surface area contributed by atoms with Crippen LogP contribution in [0.1, 0.15) is 24.3 Å². The van der Waals surface area contributed by atoms with Crippen LogP contribution in [0.15, 0.2) is 24.3 Å². The second-order valence-corrected chi connectivity index (χ2v) is 5.61. The predicted octanol–water partition coefficient (Wildman–Crippen LogP) is 0.0665. The predicted molar refractivity (Wildman–Crippen MR) is 75.6 cm³/mol. The number of aliphatic hydroxyl groups excluding tert-OH is 2. The second kappa shape index (κ2) is 5.46. The Labute approximate surface area is 122 Å². The van der Waals surface area contributed by atoms with E-state index < -0.39 is 12.0 Å². The van der Waals surface area contributed by atoms with Crippen LogP contribution in [0.5, 0.6) is 0 Å². The number of hydrogen-bond acceptors (Lipinski definition) is 4. The zero-order chi connectivity index (χ0) is 15.0. The summed E-state index contributed by atoms with van der Waals surface area (Å²) < 4.78 is 0. The van der Waals surface area contributed by atoms with Gasteiger partial charge in [-0.25, -0.2) is 0 Å². The molecule has 0 radical (unpaired) electrons. The average Bonchev–Trinajstić information content (AvgIpc) is 2.86. The maximum atomic E-state index is 12.7. The van der Waals surface area contributed by atoms with Gasteiger partial charge in [-0.05, 0) is 18.1 Å². The molecule has 3 atom stereocenters. The first-order valence-corrected chi connectivity index (χ1v) is 7.08. The zero-order valence-electron chi connectivity index (χ0n) is 11.5. The minimum absolute atomic E-state index is 0.0978. The zero-order valence-corrected chi connectivity index (χ0v) is 11.5. The van der Waals surface area contributed by atoms with E-state index in [9.17, 15) is 19.8 Å². The summed E-state index contributed by atoms with van der Waals surface area (Å²) in [6.07, 6.45) is -0.137. The van der Waals surface area contributed by atoms with Crippen molar-refractivity contribution in [3.8, 4) is 0 Å². The van der Waals surface area contributed by atoms with Crippen molar-refractivity contribution in [2.75, 3.05) is 18.5 Å². The number of para-hydroxylation sites is 1. The molecular weight excluding hydrogens is 272 g/mol. The number of β-amino-alcohol motifs (C(OH)–C–C–N with tert-alkyl or cyclic N) is 1. The van der Waals surface area contributed by atoms with Crippen LogP contribution in [0.3, 0.4) is 0 Å². The maximum absolute atomic E-state index is 12.7. The van der Waals surface area contributed by atoms with E-state index in [2.05, 4.69) is 5.32 Å². The van der Waals surface area contributed by atoms with Crippen molar-refractivity contribution in [1.82, 2.24) is 4.90 Å². The van der Waals surface area contributed by atoms with E-state index in [4.69, 9.17) is 0 Å². The number of amides is 2. The SMILES string of the molecule is O=C1CC(C(=O)N2CC(O)CC2CO)c2ccccc2N1. The molecule has 3 N–H and O–H groups in total. The Morgan fingerprint density at radius 1 is 1.38 bits per heavy atom. The van der Waals surface area contributed by atoms with Crippen LogP contribution in [0.25, 0.3) is 0 Å². The molecule has 1 aromatic carbocycles. The van der Waals surface area contributed by atoms with Gasteiger partial charge in [0, 0.05) is 18.7 Å².